The van der Waals surface area contributed by atoms with Crippen molar-refractivity contribution in [2.45, 2.75) is 20.0 Å². The van der Waals surface area contributed by atoms with Gasteiger partial charge in [-0.25, -0.2) is 4.39 Å². The standard InChI is InChI=1S/C12H14FN3O2/c1-2-5-17-7-11-15-12(18-16-11)9-4-3-8(14)6-10(9)13/h3-4,6H,2,5,7,14H2,1H3. The Bertz CT molecular complexity index is 528. The molecule has 5 nitrogen and oxygen atoms in total. The largest absolute Gasteiger partial charge is 0.399 e. The van der Waals surface area contributed by atoms with Crippen LogP contribution in [0.2, 0.25) is 0 Å². The number of anilines is 1. The van der Waals surface area contributed by atoms with E-state index in [9.17, 15) is 4.39 Å². The van der Waals surface area contributed by atoms with Crippen LogP contribution >= 0.6 is 0 Å². The first-order valence-electron chi connectivity index (χ1n) is 5.66. The zero-order chi connectivity index (χ0) is 13.0. The van der Waals surface area contributed by atoms with Crippen molar-refractivity contribution >= 4 is 5.69 Å². The normalized spacial score (nSPS) is 10.8. The topological polar surface area (TPSA) is 74.2 Å². The molecule has 0 aliphatic carbocycles. The average Bonchev–Trinajstić information content (AvgIpc) is 2.78. The van der Waals surface area contributed by atoms with Gasteiger partial charge in [-0.1, -0.05) is 12.1 Å². The van der Waals surface area contributed by atoms with Gasteiger partial charge in [0.2, 0.25) is 0 Å². The van der Waals surface area contributed by atoms with Crippen LogP contribution in [0.1, 0.15) is 19.2 Å². The van der Waals surface area contributed by atoms with Gasteiger partial charge in [-0.3, -0.25) is 0 Å². The first-order valence-corrected chi connectivity index (χ1v) is 5.66. The van der Waals surface area contributed by atoms with E-state index in [1.807, 2.05) is 6.92 Å². The van der Waals surface area contributed by atoms with Crippen molar-refractivity contribution in [3.8, 4) is 11.5 Å². The number of hydrogen-bond donors (Lipinski definition) is 1. The lowest BCUT2D eigenvalue weighted by atomic mass is 10.2. The van der Waals surface area contributed by atoms with E-state index in [4.69, 9.17) is 15.0 Å². The van der Waals surface area contributed by atoms with Gasteiger partial charge in [0, 0.05) is 12.3 Å². The number of aromatic nitrogens is 2. The van der Waals surface area contributed by atoms with E-state index in [0.29, 0.717) is 18.1 Å². The predicted octanol–water partition coefficient (Wildman–Crippen LogP) is 2.38. The van der Waals surface area contributed by atoms with Gasteiger partial charge in [-0.05, 0) is 24.6 Å². The third-order valence-electron chi connectivity index (χ3n) is 2.27. The molecule has 2 rings (SSSR count). The third-order valence-corrected chi connectivity index (χ3v) is 2.27. The lowest BCUT2D eigenvalue weighted by Gasteiger charge is -1.98. The summed E-state index contributed by atoms with van der Waals surface area (Å²) in [7, 11) is 0. The number of nitrogens with zero attached hydrogens (tertiary/aromatic N) is 2. The molecule has 1 aromatic heterocycles. The summed E-state index contributed by atoms with van der Waals surface area (Å²) >= 11 is 0. The first kappa shape index (κ1) is 12.5. The molecule has 1 heterocycles. The third kappa shape index (κ3) is 2.84. The summed E-state index contributed by atoms with van der Waals surface area (Å²) in [4.78, 5) is 4.06. The molecule has 0 spiro atoms. The van der Waals surface area contributed by atoms with Crippen LogP contribution < -0.4 is 5.73 Å². The second kappa shape index (κ2) is 5.59. The van der Waals surface area contributed by atoms with Crippen molar-refractivity contribution in [2.75, 3.05) is 12.3 Å². The Hall–Kier alpha value is -1.95. The molecule has 0 radical (unpaired) electrons. The average molecular weight is 251 g/mol. The summed E-state index contributed by atoms with van der Waals surface area (Å²) in [6.07, 6.45) is 0.914. The van der Waals surface area contributed by atoms with E-state index >= 15 is 0 Å². The molecule has 2 N–H and O–H groups in total. The molecular formula is C12H14FN3O2. The van der Waals surface area contributed by atoms with Crippen molar-refractivity contribution in [1.82, 2.24) is 10.1 Å². The molecule has 0 amide bonds. The second-order valence-corrected chi connectivity index (χ2v) is 3.81. The molecule has 0 atom stereocenters. The van der Waals surface area contributed by atoms with Gasteiger partial charge in [0.25, 0.3) is 5.89 Å². The van der Waals surface area contributed by atoms with Gasteiger partial charge in [-0.2, -0.15) is 4.98 Å². The Morgan fingerprint density at radius 1 is 1.44 bits per heavy atom. The minimum Gasteiger partial charge on any atom is -0.399 e. The van der Waals surface area contributed by atoms with E-state index in [-0.39, 0.29) is 18.1 Å². The molecule has 0 saturated carbocycles. The van der Waals surface area contributed by atoms with Crippen LogP contribution in [0.5, 0.6) is 0 Å². The highest BCUT2D eigenvalue weighted by Gasteiger charge is 2.13. The summed E-state index contributed by atoms with van der Waals surface area (Å²) in [6.45, 7) is 2.89. The highest BCUT2D eigenvalue weighted by Crippen LogP contribution is 2.22. The minimum atomic E-state index is -0.486. The maximum absolute atomic E-state index is 13.6. The van der Waals surface area contributed by atoms with Crippen LogP contribution in [0.4, 0.5) is 10.1 Å². The van der Waals surface area contributed by atoms with E-state index in [1.54, 1.807) is 6.07 Å². The fourth-order valence-corrected chi connectivity index (χ4v) is 1.43. The fraction of sp³-hybridized carbons (Fsp3) is 0.333. The molecule has 0 fully saturated rings. The molecule has 2 aromatic rings. The fourth-order valence-electron chi connectivity index (χ4n) is 1.43. The van der Waals surface area contributed by atoms with E-state index in [2.05, 4.69) is 10.1 Å². The van der Waals surface area contributed by atoms with Gasteiger partial charge < -0.3 is 15.0 Å². The lowest BCUT2D eigenvalue weighted by Crippen LogP contribution is -1.96. The first-order chi connectivity index (χ1) is 8.70. The Labute approximate surface area is 104 Å². The van der Waals surface area contributed by atoms with Crippen molar-refractivity contribution in [3.05, 3.63) is 29.8 Å². The molecular weight excluding hydrogens is 237 g/mol. The second-order valence-electron chi connectivity index (χ2n) is 3.81. The van der Waals surface area contributed by atoms with Gasteiger partial charge in [-0.15, -0.1) is 0 Å². The van der Waals surface area contributed by atoms with Gasteiger partial charge >= 0.3 is 0 Å². The predicted molar refractivity (Wildman–Crippen MR) is 64.1 cm³/mol. The zero-order valence-electron chi connectivity index (χ0n) is 10.0. The maximum Gasteiger partial charge on any atom is 0.260 e. The summed E-state index contributed by atoms with van der Waals surface area (Å²) in [5.74, 6) is 0.0388. The maximum atomic E-state index is 13.6. The zero-order valence-corrected chi connectivity index (χ0v) is 10.0. The van der Waals surface area contributed by atoms with Crippen LogP contribution in [0.3, 0.4) is 0 Å². The quantitative estimate of drug-likeness (QED) is 0.652. The number of nitrogen functional groups attached to an aromatic ring is 1. The highest BCUT2D eigenvalue weighted by molar-refractivity contribution is 5.58. The molecule has 0 unspecified atom stereocenters. The van der Waals surface area contributed by atoms with Crippen LogP contribution in [-0.4, -0.2) is 16.7 Å². The summed E-state index contributed by atoms with van der Waals surface area (Å²) in [5, 5.41) is 3.72. The number of halogens is 1. The van der Waals surface area contributed by atoms with Crippen molar-refractivity contribution in [1.29, 1.82) is 0 Å². The summed E-state index contributed by atoms with van der Waals surface area (Å²) in [6, 6.07) is 4.30. The van der Waals surface area contributed by atoms with Crippen LogP contribution in [0, 0.1) is 5.82 Å². The molecule has 1 aromatic carbocycles. The molecule has 0 aliphatic heterocycles. The molecule has 96 valence electrons. The highest BCUT2D eigenvalue weighted by atomic mass is 19.1. The smallest absolute Gasteiger partial charge is 0.260 e. The Morgan fingerprint density at radius 2 is 2.28 bits per heavy atom. The molecule has 18 heavy (non-hydrogen) atoms. The van der Waals surface area contributed by atoms with Crippen LogP contribution in [-0.2, 0) is 11.3 Å². The minimum absolute atomic E-state index is 0.127. The number of nitrogens with two attached hydrogens (primary N) is 1. The van der Waals surface area contributed by atoms with Gasteiger partial charge in [0.05, 0.1) is 5.56 Å². The number of rotatable bonds is 5. The molecule has 0 aliphatic rings. The number of hydrogen-bond acceptors (Lipinski definition) is 5. The van der Waals surface area contributed by atoms with Crippen LogP contribution in [0.25, 0.3) is 11.5 Å². The SMILES string of the molecule is CCCOCc1noc(-c2ccc(N)cc2F)n1. The molecule has 0 saturated heterocycles. The Morgan fingerprint density at radius 3 is 3.00 bits per heavy atom. The van der Waals surface area contributed by atoms with Crippen molar-refractivity contribution < 1.29 is 13.7 Å². The summed E-state index contributed by atoms with van der Waals surface area (Å²) in [5.41, 5.74) is 6.05. The monoisotopic (exact) mass is 251 g/mol. The van der Waals surface area contributed by atoms with Gasteiger partial charge in [0.15, 0.2) is 5.82 Å². The molecule has 6 heteroatoms. The number of benzene rings is 1. The van der Waals surface area contributed by atoms with Crippen molar-refractivity contribution in [3.63, 3.8) is 0 Å². The molecule has 0 bridgehead atoms. The van der Waals surface area contributed by atoms with E-state index in [0.717, 1.165) is 6.42 Å². The lowest BCUT2D eigenvalue weighted by molar-refractivity contribution is 0.114. The van der Waals surface area contributed by atoms with E-state index in [1.165, 1.54) is 12.1 Å². The van der Waals surface area contributed by atoms with Gasteiger partial charge in [0.1, 0.15) is 12.4 Å². The van der Waals surface area contributed by atoms with Crippen molar-refractivity contribution in [2.24, 2.45) is 0 Å². The number of ether oxygens (including phenoxy) is 1. The van der Waals surface area contributed by atoms with Crippen LogP contribution in [0.15, 0.2) is 22.7 Å². The summed E-state index contributed by atoms with van der Waals surface area (Å²) < 4.78 is 23.9. The Balaban J connectivity index is 2.13. The van der Waals surface area contributed by atoms with E-state index < -0.39 is 5.82 Å². The Kier molecular flexibility index (Phi) is 3.88.